The number of anilines is 1. The highest BCUT2D eigenvalue weighted by Crippen LogP contribution is 2.29. The third-order valence-electron chi connectivity index (χ3n) is 2.54. The van der Waals surface area contributed by atoms with Crippen molar-refractivity contribution >= 4 is 29.1 Å². The molecule has 0 bridgehead atoms. The predicted octanol–water partition coefficient (Wildman–Crippen LogP) is 3.01. The van der Waals surface area contributed by atoms with Crippen LogP contribution in [0.25, 0.3) is 0 Å². The lowest BCUT2D eigenvalue weighted by Crippen LogP contribution is -2.06. The largest absolute Gasteiger partial charge is 0.377 e. The van der Waals surface area contributed by atoms with Crippen LogP contribution in [0.3, 0.4) is 0 Å². The molecule has 0 saturated heterocycles. The number of nitrogens with one attached hydrogen (secondary N) is 1. The fraction of sp³-hybridized carbons (Fsp3) is 0.538. The molecule has 0 fully saturated rings. The molecular weight excluding hydrogens is 306 g/mol. The van der Waals surface area contributed by atoms with Crippen LogP contribution < -0.4 is 5.32 Å². The van der Waals surface area contributed by atoms with Crippen molar-refractivity contribution in [3.05, 3.63) is 17.7 Å². The van der Waals surface area contributed by atoms with E-state index in [1.54, 1.807) is 7.11 Å². The highest BCUT2D eigenvalue weighted by atomic mass is 32.2. The van der Waals surface area contributed by atoms with Gasteiger partial charge in [0, 0.05) is 26.1 Å². The SMILES string of the molecule is CCCNc1cc(Sc2nc(CC)ns2)nc(COC)n1. The van der Waals surface area contributed by atoms with Crippen molar-refractivity contribution in [1.29, 1.82) is 0 Å². The second kappa shape index (κ2) is 8.26. The quantitative estimate of drug-likeness (QED) is 0.748. The van der Waals surface area contributed by atoms with Crippen molar-refractivity contribution in [1.82, 2.24) is 19.3 Å². The summed E-state index contributed by atoms with van der Waals surface area (Å²) in [5.41, 5.74) is 0. The predicted molar refractivity (Wildman–Crippen MR) is 84.9 cm³/mol. The topological polar surface area (TPSA) is 72.8 Å². The zero-order valence-electron chi connectivity index (χ0n) is 12.4. The minimum Gasteiger partial charge on any atom is -0.377 e. The standard InChI is InChI=1S/C13H19N5OS2/c1-4-6-14-10-7-12(16-11(15-10)8-19-3)20-13-17-9(5-2)18-21-13/h7H,4-6,8H2,1-3H3,(H,14,15,16). The van der Waals surface area contributed by atoms with E-state index in [1.807, 2.05) is 13.0 Å². The van der Waals surface area contributed by atoms with Gasteiger partial charge < -0.3 is 10.1 Å². The van der Waals surface area contributed by atoms with Crippen molar-refractivity contribution in [2.45, 2.75) is 42.7 Å². The molecule has 0 aliphatic carbocycles. The number of methoxy groups -OCH3 is 1. The zero-order chi connectivity index (χ0) is 15.1. The van der Waals surface area contributed by atoms with Gasteiger partial charge in [-0.15, -0.1) is 0 Å². The lowest BCUT2D eigenvalue weighted by molar-refractivity contribution is 0.177. The molecule has 2 heterocycles. The maximum absolute atomic E-state index is 5.13. The Hall–Kier alpha value is -1.25. The molecule has 2 rings (SSSR count). The molecule has 0 aliphatic rings. The van der Waals surface area contributed by atoms with Gasteiger partial charge in [-0.25, -0.2) is 15.0 Å². The molecule has 21 heavy (non-hydrogen) atoms. The first-order chi connectivity index (χ1) is 10.2. The lowest BCUT2D eigenvalue weighted by atomic mass is 10.4. The van der Waals surface area contributed by atoms with E-state index in [0.717, 1.165) is 40.4 Å². The van der Waals surface area contributed by atoms with E-state index >= 15 is 0 Å². The van der Waals surface area contributed by atoms with Crippen LogP contribution in [0.5, 0.6) is 0 Å². The molecule has 1 N–H and O–H groups in total. The Kier molecular flexibility index (Phi) is 6.34. The van der Waals surface area contributed by atoms with Crippen LogP contribution in [0.15, 0.2) is 15.4 Å². The molecule has 114 valence electrons. The molecular formula is C13H19N5OS2. The van der Waals surface area contributed by atoms with Crippen molar-refractivity contribution in [3.8, 4) is 0 Å². The number of nitrogens with zero attached hydrogens (tertiary/aromatic N) is 4. The number of hydrogen-bond acceptors (Lipinski definition) is 8. The third-order valence-corrected chi connectivity index (χ3v) is 4.24. The second-order valence-corrected chi connectivity index (χ2v) is 6.32. The minimum atomic E-state index is 0.394. The summed E-state index contributed by atoms with van der Waals surface area (Å²) in [6, 6.07) is 1.94. The van der Waals surface area contributed by atoms with Gasteiger partial charge in [0.2, 0.25) is 0 Å². The molecule has 0 saturated carbocycles. The van der Waals surface area contributed by atoms with Gasteiger partial charge in [-0.3, -0.25) is 0 Å². The Balaban J connectivity index is 2.17. The van der Waals surface area contributed by atoms with Gasteiger partial charge in [-0.1, -0.05) is 13.8 Å². The highest BCUT2D eigenvalue weighted by molar-refractivity contribution is 8.00. The lowest BCUT2D eigenvalue weighted by Gasteiger charge is -2.08. The third kappa shape index (κ3) is 4.90. The Morgan fingerprint density at radius 3 is 2.76 bits per heavy atom. The van der Waals surface area contributed by atoms with E-state index in [9.17, 15) is 0 Å². The maximum atomic E-state index is 5.13. The highest BCUT2D eigenvalue weighted by Gasteiger charge is 2.09. The van der Waals surface area contributed by atoms with Crippen molar-refractivity contribution in [2.75, 3.05) is 19.0 Å². The molecule has 2 aromatic rings. The van der Waals surface area contributed by atoms with E-state index in [-0.39, 0.29) is 0 Å². The normalized spacial score (nSPS) is 10.8. The van der Waals surface area contributed by atoms with Crippen LogP contribution in [0, 0.1) is 0 Å². The van der Waals surface area contributed by atoms with E-state index in [1.165, 1.54) is 23.3 Å². The van der Waals surface area contributed by atoms with Crippen LogP contribution >= 0.6 is 23.3 Å². The summed E-state index contributed by atoms with van der Waals surface area (Å²) in [5.74, 6) is 2.36. The van der Waals surface area contributed by atoms with Gasteiger partial charge in [0.15, 0.2) is 10.2 Å². The van der Waals surface area contributed by atoms with Crippen LogP contribution in [0.1, 0.15) is 31.9 Å². The van der Waals surface area contributed by atoms with E-state index in [2.05, 4.69) is 31.6 Å². The minimum absolute atomic E-state index is 0.394. The van der Waals surface area contributed by atoms with Gasteiger partial charge in [-0.05, 0) is 29.7 Å². The second-order valence-electron chi connectivity index (χ2n) is 4.30. The van der Waals surface area contributed by atoms with Crippen LogP contribution in [0.2, 0.25) is 0 Å². The Morgan fingerprint density at radius 1 is 1.24 bits per heavy atom. The van der Waals surface area contributed by atoms with Crippen LogP contribution in [-0.4, -0.2) is 33.0 Å². The maximum Gasteiger partial charge on any atom is 0.176 e. The number of hydrogen-bond donors (Lipinski definition) is 1. The van der Waals surface area contributed by atoms with E-state index in [4.69, 9.17) is 4.74 Å². The van der Waals surface area contributed by atoms with Crippen molar-refractivity contribution in [2.24, 2.45) is 0 Å². The molecule has 0 spiro atoms. The summed E-state index contributed by atoms with van der Waals surface area (Å²) in [7, 11) is 1.64. The van der Waals surface area contributed by atoms with Gasteiger partial charge in [0.1, 0.15) is 23.3 Å². The fourth-order valence-electron chi connectivity index (χ4n) is 1.57. The average molecular weight is 325 g/mol. The van der Waals surface area contributed by atoms with Gasteiger partial charge >= 0.3 is 0 Å². The smallest absolute Gasteiger partial charge is 0.176 e. The average Bonchev–Trinajstić information content (AvgIpc) is 2.93. The summed E-state index contributed by atoms with van der Waals surface area (Å²) >= 11 is 2.91. The van der Waals surface area contributed by atoms with Gasteiger partial charge in [-0.2, -0.15) is 4.37 Å². The molecule has 0 aromatic carbocycles. The molecule has 0 amide bonds. The molecule has 0 atom stereocenters. The van der Waals surface area contributed by atoms with Crippen molar-refractivity contribution in [3.63, 3.8) is 0 Å². The summed E-state index contributed by atoms with van der Waals surface area (Å²) in [6.45, 7) is 5.44. The summed E-state index contributed by atoms with van der Waals surface area (Å²) in [5, 5.41) is 4.14. The molecule has 8 heteroatoms. The van der Waals surface area contributed by atoms with Crippen LogP contribution in [0.4, 0.5) is 5.82 Å². The molecule has 0 unspecified atom stereocenters. The first-order valence-corrected chi connectivity index (χ1v) is 8.45. The number of aromatic nitrogens is 4. The summed E-state index contributed by atoms with van der Waals surface area (Å²) < 4.78 is 10.3. The van der Waals surface area contributed by atoms with Gasteiger partial charge in [0.05, 0.1) is 0 Å². The van der Waals surface area contributed by atoms with Crippen LogP contribution in [-0.2, 0) is 17.8 Å². The molecule has 6 nitrogen and oxygen atoms in total. The molecule has 2 aromatic heterocycles. The Labute approximate surface area is 132 Å². The monoisotopic (exact) mass is 325 g/mol. The number of rotatable bonds is 8. The molecule has 0 radical (unpaired) electrons. The van der Waals surface area contributed by atoms with Crippen molar-refractivity contribution < 1.29 is 4.74 Å². The van der Waals surface area contributed by atoms with Gasteiger partial charge in [0.25, 0.3) is 0 Å². The number of aryl methyl sites for hydroxylation is 1. The first-order valence-electron chi connectivity index (χ1n) is 6.86. The van der Waals surface area contributed by atoms with E-state index < -0.39 is 0 Å². The van der Waals surface area contributed by atoms with E-state index in [0.29, 0.717) is 12.4 Å². The Morgan fingerprint density at radius 2 is 2.10 bits per heavy atom. The molecule has 0 aliphatic heterocycles. The first kappa shape index (κ1) is 16.1. The summed E-state index contributed by atoms with van der Waals surface area (Å²) in [4.78, 5) is 13.4. The zero-order valence-corrected chi connectivity index (χ0v) is 14.1. The number of ether oxygens (including phenoxy) is 1. The fourth-order valence-corrected chi connectivity index (χ4v) is 3.24. The Bertz CT molecular complexity index is 575. The summed E-state index contributed by atoms with van der Waals surface area (Å²) in [6.07, 6.45) is 1.89.